The highest BCUT2D eigenvalue weighted by molar-refractivity contribution is 7.97. The fourth-order valence-corrected chi connectivity index (χ4v) is 5.90. The Morgan fingerprint density at radius 2 is 2.12 bits per heavy atom. The van der Waals surface area contributed by atoms with Crippen LogP contribution in [0.15, 0.2) is 46.4 Å². The van der Waals surface area contributed by atoms with E-state index in [4.69, 9.17) is 0 Å². The van der Waals surface area contributed by atoms with E-state index in [1.807, 2.05) is 42.2 Å². The van der Waals surface area contributed by atoms with Gasteiger partial charge in [0.1, 0.15) is 11.5 Å². The number of pyridine rings is 1. The number of hydrogen-bond acceptors (Lipinski definition) is 6. The summed E-state index contributed by atoms with van der Waals surface area (Å²) in [6.45, 7) is 6.55. The first kappa shape index (κ1) is 21.3. The summed E-state index contributed by atoms with van der Waals surface area (Å²) < 4.78 is 4.35. The molecular formula is C24H30N6OS. The van der Waals surface area contributed by atoms with Crippen molar-refractivity contribution in [1.29, 1.82) is 0 Å². The molecule has 2 unspecified atom stereocenters. The summed E-state index contributed by atoms with van der Waals surface area (Å²) in [5.41, 5.74) is 2.86. The second-order valence-electron chi connectivity index (χ2n) is 8.75. The zero-order chi connectivity index (χ0) is 22.1. The molecule has 32 heavy (non-hydrogen) atoms. The fraction of sp³-hybridized carbons (Fsp3) is 0.458. The van der Waals surface area contributed by atoms with Gasteiger partial charge in [-0.2, -0.15) is 0 Å². The number of carbonyl (C=O) groups is 1. The number of carbonyl (C=O) groups excluding carboxylic acids is 1. The lowest BCUT2D eigenvalue weighted by atomic mass is 10.0. The highest BCUT2D eigenvalue weighted by Gasteiger charge is 2.33. The average Bonchev–Trinajstić information content (AvgIpc) is 3.54. The Kier molecular flexibility index (Phi) is 6.06. The number of nitrogens with zero attached hydrogens (tertiary/aromatic N) is 5. The van der Waals surface area contributed by atoms with Crippen LogP contribution in [0.5, 0.6) is 0 Å². The Bertz CT molecular complexity index is 1030. The van der Waals surface area contributed by atoms with Crippen molar-refractivity contribution in [2.45, 2.75) is 37.2 Å². The van der Waals surface area contributed by atoms with Gasteiger partial charge >= 0.3 is 0 Å². The van der Waals surface area contributed by atoms with Crippen LogP contribution in [0.3, 0.4) is 0 Å². The number of allylic oxidation sites excluding steroid dienone is 1. The van der Waals surface area contributed by atoms with E-state index in [0.29, 0.717) is 24.2 Å². The van der Waals surface area contributed by atoms with Crippen LogP contribution < -0.4 is 10.2 Å². The van der Waals surface area contributed by atoms with Gasteiger partial charge in [-0.15, -0.1) is 0 Å². The van der Waals surface area contributed by atoms with Crippen molar-refractivity contribution in [2.24, 2.45) is 18.0 Å². The van der Waals surface area contributed by atoms with Gasteiger partial charge in [0.15, 0.2) is 0 Å². The molecule has 0 saturated carbocycles. The second-order valence-corrected chi connectivity index (χ2v) is 9.89. The number of rotatable bonds is 6. The van der Waals surface area contributed by atoms with Crippen molar-refractivity contribution >= 4 is 29.9 Å². The van der Waals surface area contributed by atoms with Crippen LogP contribution in [0.1, 0.15) is 34.6 Å². The standard InChI is InChI=1S/C24H30N6OS/c1-17-22(32-30-15-19-8-6-9-25-20(19)16-30)13-21(28(17)2)24(31)27-14-18-7-5-10-26-23(18)29-11-3-4-12-29/h5-10,13,19-20H,3-4,11-12,14-16H2,1-2H3,(H,27,31). The molecule has 2 aromatic rings. The topological polar surface area (TPSA) is 65.8 Å². The lowest BCUT2D eigenvalue weighted by molar-refractivity contribution is 0.0942. The molecule has 2 fully saturated rings. The molecule has 168 valence electrons. The van der Waals surface area contributed by atoms with Crippen LogP contribution >= 0.6 is 11.9 Å². The number of dihydropyridines is 1. The van der Waals surface area contributed by atoms with Crippen LogP contribution in [-0.2, 0) is 13.6 Å². The number of fused-ring (bicyclic) bond motifs is 1. The highest BCUT2D eigenvalue weighted by atomic mass is 32.2. The summed E-state index contributed by atoms with van der Waals surface area (Å²) in [6.07, 6.45) is 10.4. The molecule has 0 spiro atoms. The maximum Gasteiger partial charge on any atom is 0.268 e. The second kappa shape index (κ2) is 9.11. The Labute approximate surface area is 193 Å². The Morgan fingerprint density at radius 1 is 1.28 bits per heavy atom. The minimum Gasteiger partial charge on any atom is -0.356 e. The monoisotopic (exact) mass is 450 g/mol. The van der Waals surface area contributed by atoms with Crippen molar-refractivity contribution < 1.29 is 4.79 Å². The zero-order valence-electron chi connectivity index (χ0n) is 18.7. The summed E-state index contributed by atoms with van der Waals surface area (Å²) in [6, 6.07) is 6.36. The molecule has 7 nitrogen and oxygen atoms in total. The summed E-state index contributed by atoms with van der Waals surface area (Å²) in [4.78, 5) is 25.7. The Balaban J connectivity index is 1.25. The zero-order valence-corrected chi connectivity index (χ0v) is 19.5. The van der Waals surface area contributed by atoms with Crippen LogP contribution in [0, 0.1) is 12.8 Å². The van der Waals surface area contributed by atoms with Crippen LogP contribution in [0.4, 0.5) is 5.82 Å². The summed E-state index contributed by atoms with van der Waals surface area (Å²) in [7, 11) is 1.96. The molecule has 0 aromatic carbocycles. The predicted molar refractivity (Wildman–Crippen MR) is 129 cm³/mol. The Morgan fingerprint density at radius 3 is 2.94 bits per heavy atom. The van der Waals surface area contributed by atoms with Crippen LogP contribution in [0.2, 0.25) is 0 Å². The molecule has 0 radical (unpaired) electrons. The lowest BCUT2D eigenvalue weighted by Crippen LogP contribution is -2.27. The fourth-order valence-electron chi connectivity index (χ4n) is 4.72. The van der Waals surface area contributed by atoms with E-state index in [0.717, 1.165) is 48.1 Å². The molecule has 2 saturated heterocycles. The number of aliphatic imine (C=N–C) groups is 1. The normalized spacial score (nSPS) is 22.5. The molecule has 3 aliphatic heterocycles. The van der Waals surface area contributed by atoms with Crippen molar-refractivity contribution in [3.8, 4) is 0 Å². The van der Waals surface area contributed by atoms with Crippen molar-refractivity contribution in [3.05, 3.63) is 53.5 Å². The third kappa shape index (κ3) is 4.21. The molecular weight excluding hydrogens is 420 g/mol. The largest absolute Gasteiger partial charge is 0.356 e. The maximum absolute atomic E-state index is 13.1. The molecule has 2 atom stereocenters. The lowest BCUT2D eigenvalue weighted by Gasteiger charge is -2.20. The van der Waals surface area contributed by atoms with Gasteiger partial charge in [0.25, 0.3) is 5.91 Å². The number of aromatic nitrogens is 2. The minimum absolute atomic E-state index is 0.0544. The van der Waals surface area contributed by atoms with Gasteiger partial charge in [-0.1, -0.05) is 12.1 Å². The minimum atomic E-state index is -0.0544. The van der Waals surface area contributed by atoms with E-state index in [2.05, 4.69) is 43.6 Å². The maximum atomic E-state index is 13.1. The molecule has 1 N–H and O–H groups in total. The number of nitrogens with one attached hydrogen (secondary N) is 1. The molecule has 2 aromatic heterocycles. The molecule has 0 bridgehead atoms. The molecule has 1 amide bonds. The first-order valence-corrected chi connectivity index (χ1v) is 12.1. The van der Waals surface area contributed by atoms with Gasteiger partial charge in [-0.3, -0.25) is 9.79 Å². The van der Waals surface area contributed by atoms with E-state index >= 15 is 0 Å². The molecule has 5 rings (SSSR count). The molecule has 0 aliphatic carbocycles. The van der Waals surface area contributed by atoms with Crippen LogP contribution in [0.25, 0.3) is 0 Å². The van der Waals surface area contributed by atoms with Gasteiger partial charge in [0.2, 0.25) is 0 Å². The average molecular weight is 451 g/mol. The van der Waals surface area contributed by atoms with E-state index in [9.17, 15) is 4.79 Å². The van der Waals surface area contributed by atoms with Crippen molar-refractivity contribution in [3.63, 3.8) is 0 Å². The summed E-state index contributed by atoms with van der Waals surface area (Å²) in [5, 5.41) is 3.12. The SMILES string of the molecule is Cc1c(SN2CC3C=CC=NC3C2)cc(C(=O)NCc2cccnc2N2CCCC2)n1C. The third-order valence-corrected chi connectivity index (χ3v) is 7.85. The van der Waals surface area contributed by atoms with Crippen LogP contribution in [-0.4, -0.2) is 58.2 Å². The van der Waals surface area contributed by atoms with E-state index in [-0.39, 0.29) is 5.91 Å². The van der Waals surface area contributed by atoms with E-state index in [1.165, 1.54) is 12.8 Å². The third-order valence-electron chi connectivity index (χ3n) is 6.68. The number of hydrogen-bond donors (Lipinski definition) is 1. The van der Waals surface area contributed by atoms with E-state index < -0.39 is 0 Å². The van der Waals surface area contributed by atoms with Crippen molar-refractivity contribution in [2.75, 3.05) is 31.1 Å². The van der Waals surface area contributed by atoms with E-state index in [1.54, 1.807) is 11.9 Å². The number of amides is 1. The van der Waals surface area contributed by atoms with Gasteiger partial charge < -0.3 is 14.8 Å². The summed E-state index contributed by atoms with van der Waals surface area (Å²) >= 11 is 1.74. The van der Waals surface area contributed by atoms with Gasteiger partial charge in [0, 0.05) is 74.3 Å². The Hall–Kier alpha value is -2.58. The van der Waals surface area contributed by atoms with Gasteiger partial charge in [0.05, 0.1) is 6.04 Å². The predicted octanol–water partition coefficient (Wildman–Crippen LogP) is 3.21. The number of anilines is 1. The summed E-state index contributed by atoms with van der Waals surface area (Å²) in [5.74, 6) is 1.43. The first-order chi connectivity index (χ1) is 15.6. The first-order valence-electron chi connectivity index (χ1n) is 11.4. The van der Waals surface area contributed by atoms with Crippen molar-refractivity contribution in [1.82, 2.24) is 19.2 Å². The molecule has 3 aliphatic rings. The van der Waals surface area contributed by atoms with Gasteiger partial charge in [-0.25, -0.2) is 9.29 Å². The van der Waals surface area contributed by atoms with Gasteiger partial charge in [-0.05, 0) is 49.9 Å². The smallest absolute Gasteiger partial charge is 0.268 e. The molecule has 8 heteroatoms. The highest BCUT2D eigenvalue weighted by Crippen LogP contribution is 2.35. The molecule has 5 heterocycles. The quantitative estimate of drug-likeness (QED) is 0.685.